The zero-order chi connectivity index (χ0) is 16.6. The van der Waals surface area contributed by atoms with Crippen LogP contribution in [0.15, 0.2) is 39.7 Å². The normalized spacial score (nSPS) is 16.7. The quantitative estimate of drug-likeness (QED) is 0.519. The number of amides is 1. The molecule has 0 radical (unpaired) electrons. The first-order valence-electron chi connectivity index (χ1n) is 6.80. The van der Waals surface area contributed by atoms with Crippen molar-refractivity contribution in [3.8, 4) is 11.3 Å². The fourth-order valence-corrected chi connectivity index (χ4v) is 3.91. The lowest BCUT2D eigenvalue weighted by Gasteiger charge is -2.09. The largest absolute Gasteiger partial charge is 0.457 e. The molecule has 1 saturated heterocycles. The number of carbonyl (C=O) groups excluding carboxylic acids is 1. The molecule has 0 aliphatic carbocycles. The smallest absolute Gasteiger partial charge is 0.266 e. The second-order valence-electron chi connectivity index (χ2n) is 4.75. The molecular formula is C16H11Cl2NO2S2. The Labute approximate surface area is 153 Å². The fourth-order valence-electron chi connectivity index (χ4n) is 2.16. The van der Waals surface area contributed by atoms with Gasteiger partial charge in [-0.25, -0.2) is 0 Å². The highest BCUT2D eigenvalue weighted by atomic mass is 35.5. The number of benzene rings is 1. The molecule has 0 atom stereocenters. The highest BCUT2D eigenvalue weighted by Gasteiger charge is 2.30. The van der Waals surface area contributed by atoms with Gasteiger partial charge in [0.2, 0.25) is 0 Å². The molecule has 1 amide bonds. The SMILES string of the molecule is CCN1C(=O)/C(=C/c2ccc(-c3cc(Cl)ccc3Cl)o2)SC1=S. The number of hydrogen-bond donors (Lipinski definition) is 0. The van der Waals surface area contributed by atoms with Crippen LogP contribution in [0.5, 0.6) is 0 Å². The van der Waals surface area contributed by atoms with Crippen molar-refractivity contribution >= 4 is 63.5 Å². The topological polar surface area (TPSA) is 33.5 Å². The van der Waals surface area contributed by atoms with Gasteiger partial charge in [0.15, 0.2) is 0 Å². The minimum Gasteiger partial charge on any atom is -0.457 e. The zero-order valence-electron chi connectivity index (χ0n) is 12.0. The Morgan fingerprint density at radius 1 is 1.30 bits per heavy atom. The van der Waals surface area contributed by atoms with E-state index in [4.69, 9.17) is 39.8 Å². The van der Waals surface area contributed by atoms with E-state index in [0.717, 1.165) is 0 Å². The van der Waals surface area contributed by atoms with Crippen molar-refractivity contribution in [1.82, 2.24) is 4.90 Å². The summed E-state index contributed by atoms with van der Waals surface area (Å²) in [5, 5.41) is 1.12. The van der Waals surface area contributed by atoms with E-state index in [0.29, 0.717) is 42.9 Å². The monoisotopic (exact) mass is 383 g/mol. The average molecular weight is 384 g/mol. The Balaban J connectivity index is 1.91. The second-order valence-corrected chi connectivity index (χ2v) is 7.27. The number of thiocarbonyl (C=S) groups is 1. The molecule has 3 nitrogen and oxygen atoms in total. The fraction of sp³-hybridized carbons (Fsp3) is 0.125. The summed E-state index contributed by atoms with van der Waals surface area (Å²) in [7, 11) is 0. The van der Waals surface area contributed by atoms with Crippen LogP contribution in [0.1, 0.15) is 12.7 Å². The summed E-state index contributed by atoms with van der Waals surface area (Å²) in [5.74, 6) is 1.06. The Bertz CT molecular complexity index is 829. The van der Waals surface area contributed by atoms with E-state index in [-0.39, 0.29) is 5.91 Å². The maximum atomic E-state index is 12.2. The molecular weight excluding hydrogens is 373 g/mol. The van der Waals surface area contributed by atoms with Gasteiger partial charge in [-0.2, -0.15) is 0 Å². The van der Waals surface area contributed by atoms with Crippen molar-refractivity contribution in [3.05, 3.63) is 51.0 Å². The van der Waals surface area contributed by atoms with Crippen molar-refractivity contribution in [2.45, 2.75) is 6.92 Å². The third-order valence-electron chi connectivity index (χ3n) is 3.28. The van der Waals surface area contributed by atoms with E-state index in [1.54, 1.807) is 41.3 Å². The molecule has 23 heavy (non-hydrogen) atoms. The summed E-state index contributed by atoms with van der Waals surface area (Å²) in [6.45, 7) is 2.45. The molecule has 2 heterocycles. The second kappa shape index (κ2) is 6.69. The number of hydrogen-bond acceptors (Lipinski definition) is 4. The van der Waals surface area contributed by atoms with Gasteiger partial charge < -0.3 is 4.42 Å². The first-order chi connectivity index (χ1) is 11.0. The van der Waals surface area contributed by atoms with Crippen LogP contribution in [0.2, 0.25) is 10.0 Å². The predicted octanol–water partition coefficient (Wildman–Crippen LogP) is 5.47. The van der Waals surface area contributed by atoms with Gasteiger partial charge in [0.05, 0.1) is 9.93 Å². The van der Waals surface area contributed by atoms with Crippen LogP contribution in [-0.4, -0.2) is 21.7 Å². The maximum absolute atomic E-state index is 12.2. The molecule has 0 saturated carbocycles. The van der Waals surface area contributed by atoms with Crippen LogP contribution < -0.4 is 0 Å². The minimum atomic E-state index is -0.0961. The molecule has 1 aromatic heterocycles. The first-order valence-corrected chi connectivity index (χ1v) is 8.78. The van der Waals surface area contributed by atoms with Crippen molar-refractivity contribution in [2.24, 2.45) is 0 Å². The molecule has 1 aliphatic heterocycles. The van der Waals surface area contributed by atoms with Gasteiger partial charge >= 0.3 is 0 Å². The lowest BCUT2D eigenvalue weighted by atomic mass is 10.2. The van der Waals surface area contributed by atoms with Gasteiger partial charge in [-0.3, -0.25) is 9.69 Å². The molecule has 3 rings (SSSR count). The van der Waals surface area contributed by atoms with E-state index in [9.17, 15) is 4.79 Å². The highest BCUT2D eigenvalue weighted by Crippen LogP contribution is 2.35. The van der Waals surface area contributed by atoms with Crippen molar-refractivity contribution in [2.75, 3.05) is 6.54 Å². The number of furan rings is 1. The third-order valence-corrected chi connectivity index (χ3v) is 5.23. The number of nitrogens with zero attached hydrogens (tertiary/aromatic N) is 1. The summed E-state index contributed by atoms with van der Waals surface area (Å²) in [6, 6.07) is 8.75. The lowest BCUT2D eigenvalue weighted by Crippen LogP contribution is -2.27. The van der Waals surface area contributed by atoms with E-state index in [2.05, 4.69) is 0 Å². The molecule has 0 spiro atoms. The van der Waals surface area contributed by atoms with Gasteiger partial charge in [-0.1, -0.05) is 47.2 Å². The van der Waals surface area contributed by atoms with Gasteiger partial charge in [0, 0.05) is 23.2 Å². The molecule has 7 heteroatoms. The summed E-state index contributed by atoms with van der Waals surface area (Å²) in [5.41, 5.74) is 0.708. The standard InChI is InChI=1S/C16H11Cl2NO2S2/c1-2-19-15(20)14(23-16(19)22)8-10-4-6-13(21-10)11-7-9(17)3-5-12(11)18/h3-8H,2H2,1H3/b14-8-. The van der Waals surface area contributed by atoms with Crippen molar-refractivity contribution < 1.29 is 9.21 Å². The Kier molecular flexibility index (Phi) is 4.82. The summed E-state index contributed by atoms with van der Waals surface area (Å²) >= 11 is 18.6. The average Bonchev–Trinajstić information content (AvgIpc) is 3.07. The van der Waals surface area contributed by atoms with Gasteiger partial charge in [0.1, 0.15) is 15.8 Å². The van der Waals surface area contributed by atoms with Crippen LogP contribution in [0.4, 0.5) is 0 Å². The number of carbonyl (C=O) groups is 1. The minimum absolute atomic E-state index is 0.0961. The third kappa shape index (κ3) is 3.33. The molecule has 0 N–H and O–H groups in total. The van der Waals surface area contributed by atoms with Gasteiger partial charge in [-0.05, 0) is 37.3 Å². The van der Waals surface area contributed by atoms with E-state index in [1.807, 2.05) is 6.92 Å². The molecule has 0 unspecified atom stereocenters. The number of rotatable bonds is 3. The van der Waals surface area contributed by atoms with Gasteiger partial charge in [0.25, 0.3) is 5.91 Å². The Hall–Kier alpha value is -1.27. The first kappa shape index (κ1) is 16.6. The van der Waals surface area contributed by atoms with Crippen molar-refractivity contribution in [3.63, 3.8) is 0 Å². The molecule has 1 aromatic carbocycles. The number of halogens is 2. The summed E-state index contributed by atoms with van der Waals surface area (Å²) < 4.78 is 6.34. The molecule has 118 valence electrons. The van der Waals surface area contributed by atoms with Crippen molar-refractivity contribution in [1.29, 1.82) is 0 Å². The molecule has 1 aliphatic rings. The summed E-state index contributed by atoms with van der Waals surface area (Å²) in [4.78, 5) is 14.3. The predicted molar refractivity (Wildman–Crippen MR) is 99.7 cm³/mol. The molecule has 1 fully saturated rings. The Morgan fingerprint density at radius 2 is 2.09 bits per heavy atom. The molecule has 0 bridgehead atoms. The summed E-state index contributed by atoms with van der Waals surface area (Å²) in [6.07, 6.45) is 1.69. The van der Waals surface area contributed by atoms with E-state index < -0.39 is 0 Å². The van der Waals surface area contributed by atoms with Crippen LogP contribution in [0, 0.1) is 0 Å². The van der Waals surface area contributed by atoms with E-state index in [1.165, 1.54) is 11.8 Å². The van der Waals surface area contributed by atoms with Crippen LogP contribution in [0.3, 0.4) is 0 Å². The maximum Gasteiger partial charge on any atom is 0.266 e. The Morgan fingerprint density at radius 3 is 2.78 bits per heavy atom. The van der Waals surface area contributed by atoms with E-state index >= 15 is 0 Å². The highest BCUT2D eigenvalue weighted by molar-refractivity contribution is 8.26. The van der Waals surface area contributed by atoms with Gasteiger partial charge in [-0.15, -0.1) is 0 Å². The van der Waals surface area contributed by atoms with Crippen LogP contribution in [-0.2, 0) is 4.79 Å². The lowest BCUT2D eigenvalue weighted by molar-refractivity contribution is -0.121. The van der Waals surface area contributed by atoms with Crippen LogP contribution in [0.25, 0.3) is 17.4 Å². The number of thioether (sulfide) groups is 1. The molecule has 2 aromatic rings. The van der Waals surface area contributed by atoms with Crippen LogP contribution >= 0.6 is 47.2 Å². The number of likely N-dealkylation sites (N-methyl/N-ethyl adjacent to an activating group) is 1. The zero-order valence-corrected chi connectivity index (χ0v) is 15.2.